The third-order valence-electron chi connectivity index (χ3n) is 3.72. The minimum absolute atomic E-state index is 0.279. The van der Waals surface area contributed by atoms with Crippen molar-refractivity contribution in [2.45, 2.75) is 6.61 Å². The summed E-state index contributed by atoms with van der Waals surface area (Å²) in [6, 6.07) is 5.14. The number of hydrogen-bond acceptors (Lipinski definition) is 5. The second kappa shape index (κ2) is 6.05. The van der Waals surface area contributed by atoms with Crippen molar-refractivity contribution in [1.29, 1.82) is 0 Å². The average Bonchev–Trinajstić information content (AvgIpc) is 2.56. The number of aliphatic hydroxyl groups is 1. The van der Waals surface area contributed by atoms with E-state index in [0.717, 1.165) is 18.9 Å². The van der Waals surface area contributed by atoms with E-state index in [1.807, 2.05) is 4.90 Å². The first kappa shape index (κ1) is 13.8. The molecule has 1 aliphatic rings. The minimum Gasteiger partial charge on any atom is -0.392 e. The maximum Gasteiger partial charge on any atom is 0.151 e. The van der Waals surface area contributed by atoms with E-state index in [1.54, 1.807) is 36.8 Å². The van der Waals surface area contributed by atoms with Gasteiger partial charge in [-0.25, -0.2) is 9.37 Å². The van der Waals surface area contributed by atoms with E-state index in [1.165, 1.54) is 0 Å². The van der Waals surface area contributed by atoms with Crippen molar-refractivity contribution in [1.82, 2.24) is 9.97 Å². The normalized spacial score (nSPS) is 15.3. The summed E-state index contributed by atoms with van der Waals surface area (Å²) in [5.74, 6) is 0.523. The van der Waals surface area contributed by atoms with Crippen molar-refractivity contribution in [3.8, 4) is 0 Å². The molecule has 1 N–H and O–H groups in total. The molecule has 6 heteroatoms. The Morgan fingerprint density at radius 3 is 2.52 bits per heavy atom. The molecule has 3 rings (SSSR count). The van der Waals surface area contributed by atoms with E-state index >= 15 is 0 Å². The standard InChI is InChI=1S/C15H17FN4O/c16-15-12(11-21)2-1-3-13(15)19-6-8-20(9-7-19)14-10-17-4-5-18-14/h1-5,10,21H,6-9,11H2. The number of piperazine rings is 1. The highest BCUT2D eigenvalue weighted by molar-refractivity contribution is 5.52. The van der Waals surface area contributed by atoms with Crippen LogP contribution < -0.4 is 9.80 Å². The molecule has 110 valence electrons. The second-order valence-corrected chi connectivity index (χ2v) is 4.95. The first-order chi connectivity index (χ1) is 10.3. The lowest BCUT2D eigenvalue weighted by molar-refractivity contribution is 0.276. The molecule has 0 aliphatic carbocycles. The van der Waals surface area contributed by atoms with Gasteiger partial charge in [0.1, 0.15) is 5.82 Å². The highest BCUT2D eigenvalue weighted by Gasteiger charge is 2.21. The Kier molecular flexibility index (Phi) is 3.96. The summed E-state index contributed by atoms with van der Waals surface area (Å²) < 4.78 is 14.2. The van der Waals surface area contributed by atoms with Gasteiger partial charge in [-0.2, -0.15) is 0 Å². The predicted octanol–water partition coefficient (Wildman–Crippen LogP) is 1.43. The van der Waals surface area contributed by atoms with E-state index < -0.39 is 0 Å². The highest BCUT2D eigenvalue weighted by Crippen LogP contribution is 2.24. The molecular weight excluding hydrogens is 271 g/mol. The van der Waals surface area contributed by atoms with Gasteiger partial charge in [-0.05, 0) is 6.07 Å². The van der Waals surface area contributed by atoms with Gasteiger partial charge < -0.3 is 14.9 Å². The topological polar surface area (TPSA) is 52.5 Å². The van der Waals surface area contributed by atoms with Gasteiger partial charge in [0.05, 0.1) is 18.5 Å². The molecule has 0 radical (unpaired) electrons. The molecule has 1 saturated heterocycles. The van der Waals surface area contributed by atoms with Gasteiger partial charge in [-0.3, -0.25) is 4.98 Å². The molecule has 0 amide bonds. The molecule has 2 heterocycles. The number of halogens is 1. The van der Waals surface area contributed by atoms with Crippen LogP contribution in [0, 0.1) is 5.82 Å². The summed E-state index contributed by atoms with van der Waals surface area (Å²) in [6.07, 6.45) is 5.06. The molecule has 1 aliphatic heterocycles. The zero-order valence-electron chi connectivity index (χ0n) is 11.6. The Morgan fingerprint density at radius 1 is 1.10 bits per heavy atom. The van der Waals surface area contributed by atoms with Crippen LogP contribution in [0.3, 0.4) is 0 Å². The van der Waals surface area contributed by atoms with Crippen LogP contribution in [0.2, 0.25) is 0 Å². The van der Waals surface area contributed by atoms with E-state index in [0.29, 0.717) is 24.3 Å². The highest BCUT2D eigenvalue weighted by atomic mass is 19.1. The monoisotopic (exact) mass is 288 g/mol. The molecule has 5 nitrogen and oxygen atoms in total. The number of nitrogens with zero attached hydrogens (tertiary/aromatic N) is 4. The zero-order valence-corrected chi connectivity index (χ0v) is 11.6. The minimum atomic E-state index is -0.326. The van der Waals surface area contributed by atoms with Gasteiger partial charge in [0.2, 0.25) is 0 Å². The van der Waals surface area contributed by atoms with Gasteiger partial charge in [0.25, 0.3) is 0 Å². The molecule has 1 aromatic carbocycles. The lowest BCUT2D eigenvalue weighted by Crippen LogP contribution is -2.47. The number of rotatable bonds is 3. The summed E-state index contributed by atoms with van der Waals surface area (Å²) in [7, 11) is 0. The SMILES string of the molecule is OCc1cccc(N2CCN(c3cnccn3)CC2)c1F. The number of aromatic nitrogens is 2. The molecule has 21 heavy (non-hydrogen) atoms. The van der Waals surface area contributed by atoms with Crippen molar-refractivity contribution in [3.05, 3.63) is 48.2 Å². The lowest BCUT2D eigenvalue weighted by Gasteiger charge is -2.36. The van der Waals surface area contributed by atoms with Crippen molar-refractivity contribution in [2.75, 3.05) is 36.0 Å². The Hall–Kier alpha value is -2.21. The molecule has 0 bridgehead atoms. The van der Waals surface area contributed by atoms with Crippen molar-refractivity contribution in [3.63, 3.8) is 0 Å². The molecule has 0 saturated carbocycles. The van der Waals surface area contributed by atoms with Crippen molar-refractivity contribution in [2.24, 2.45) is 0 Å². The van der Waals surface area contributed by atoms with E-state index in [2.05, 4.69) is 14.9 Å². The Bertz CT molecular complexity index is 600. The van der Waals surface area contributed by atoms with Crippen LogP contribution in [0.1, 0.15) is 5.56 Å². The zero-order chi connectivity index (χ0) is 14.7. The molecular formula is C15H17FN4O. The van der Waals surface area contributed by atoms with E-state index in [4.69, 9.17) is 5.11 Å². The fourth-order valence-electron chi connectivity index (χ4n) is 2.56. The molecule has 2 aromatic rings. The first-order valence-corrected chi connectivity index (χ1v) is 6.94. The number of benzene rings is 1. The van der Waals surface area contributed by atoms with Crippen molar-refractivity contribution >= 4 is 11.5 Å². The van der Waals surface area contributed by atoms with E-state index in [-0.39, 0.29) is 12.4 Å². The van der Waals surface area contributed by atoms with Crippen LogP contribution in [-0.4, -0.2) is 41.3 Å². The fraction of sp³-hybridized carbons (Fsp3) is 0.333. The molecule has 0 unspecified atom stereocenters. The van der Waals surface area contributed by atoms with Gasteiger partial charge in [-0.1, -0.05) is 12.1 Å². The molecule has 0 atom stereocenters. The lowest BCUT2D eigenvalue weighted by atomic mass is 10.1. The van der Waals surface area contributed by atoms with Gasteiger partial charge in [0.15, 0.2) is 5.82 Å². The van der Waals surface area contributed by atoms with Crippen LogP contribution >= 0.6 is 0 Å². The third-order valence-corrected chi connectivity index (χ3v) is 3.72. The first-order valence-electron chi connectivity index (χ1n) is 6.94. The van der Waals surface area contributed by atoms with Gasteiger partial charge >= 0.3 is 0 Å². The molecule has 1 aromatic heterocycles. The number of hydrogen-bond donors (Lipinski definition) is 1. The third kappa shape index (κ3) is 2.80. The molecule has 1 fully saturated rings. The average molecular weight is 288 g/mol. The summed E-state index contributed by atoms with van der Waals surface area (Å²) >= 11 is 0. The van der Waals surface area contributed by atoms with Crippen LogP contribution in [0.4, 0.5) is 15.9 Å². The summed E-state index contributed by atoms with van der Waals surface area (Å²) in [6.45, 7) is 2.67. The number of aliphatic hydroxyl groups excluding tert-OH is 1. The number of anilines is 2. The largest absolute Gasteiger partial charge is 0.392 e. The van der Waals surface area contributed by atoms with Crippen LogP contribution in [0.15, 0.2) is 36.8 Å². The summed E-state index contributed by atoms with van der Waals surface area (Å²) in [5, 5.41) is 9.15. The van der Waals surface area contributed by atoms with Crippen molar-refractivity contribution < 1.29 is 9.50 Å². The Labute approximate surface area is 122 Å². The van der Waals surface area contributed by atoms with E-state index in [9.17, 15) is 4.39 Å². The Morgan fingerprint density at radius 2 is 1.86 bits per heavy atom. The van der Waals surface area contributed by atoms with Gasteiger partial charge in [0, 0.05) is 44.1 Å². The second-order valence-electron chi connectivity index (χ2n) is 4.95. The predicted molar refractivity (Wildman–Crippen MR) is 78.8 cm³/mol. The van der Waals surface area contributed by atoms with Gasteiger partial charge in [-0.15, -0.1) is 0 Å². The van der Waals surface area contributed by atoms with Crippen LogP contribution in [0.25, 0.3) is 0 Å². The summed E-state index contributed by atoms with van der Waals surface area (Å²) in [4.78, 5) is 12.5. The smallest absolute Gasteiger partial charge is 0.151 e. The maximum absolute atomic E-state index is 14.2. The fourth-order valence-corrected chi connectivity index (χ4v) is 2.56. The summed E-state index contributed by atoms with van der Waals surface area (Å²) in [5.41, 5.74) is 0.893. The van der Waals surface area contributed by atoms with Crippen LogP contribution in [-0.2, 0) is 6.61 Å². The van der Waals surface area contributed by atoms with Crippen LogP contribution in [0.5, 0.6) is 0 Å². The maximum atomic E-state index is 14.2. The Balaban J connectivity index is 1.72. The quantitative estimate of drug-likeness (QED) is 0.926. The molecule has 0 spiro atoms.